The number of hydrogen-bond donors (Lipinski definition) is 2. The van der Waals surface area contributed by atoms with Gasteiger partial charge in [0.25, 0.3) is 5.62 Å². The van der Waals surface area contributed by atoms with Crippen LogP contribution in [0.2, 0.25) is 0 Å². The Morgan fingerprint density at radius 3 is 2.59 bits per heavy atom. The highest BCUT2D eigenvalue weighted by atomic mass is 35.5. The molecule has 0 fully saturated rings. The summed E-state index contributed by atoms with van der Waals surface area (Å²) in [6.07, 6.45) is -1.96. The minimum absolute atomic E-state index is 0. The first-order valence-electron chi connectivity index (χ1n) is 13.2. The number of fused-ring (bicyclic) bond motifs is 3. The molecule has 2 aromatic heterocycles. The number of sulfonamides is 1. The van der Waals surface area contributed by atoms with E-state index in [1.165, 1.54) is 0 Å². The fraction of sp³-hybridized carbons (Fsp3) is 0.250. The molecule has 3 aromatic rings. The fourth-order valence-electron chi connectivity index (χ4n) is 5.04. The van der Waals surface area contributed by atoms with Crippen LogP contribution in [0.3, 0.4) is 0 Å². The number of nitrogens with one attached hydrogen (secondary N) is 2. The van der Waals surface area contributed by atoms with E-state index >= 15 is 0 Å². The van der Waals surface area contributed by atoms with Crippen LogP contribution in [0.1, 0.15) is 22.5 Å². The van der Waals surface area contributed by atoms with Gasteiger partial charge in [-0.2, -0.15) is 28.2 Å². The van der Waals surface area contributed by atoms with Crippen LogP contribution in [0.5, 0.6) is 0 Å². The predicted octanol–water partition coefficient (Wildman–Crippen LogP) is 4.84. The van der Waals surface area contributed by atoms with Gasteiger partial charge in [-0.25, -0.2) is 13.4 Å². The average molecular weight is 646 g/mol. The number of benzene rings is 1. The van der Waals surface area contributed by atoms with Crippen molar-refractivity contribution in [2.75, 3.05) is 16.6 Å². The molecule has 16 heteroatoms. The molecule has 0 bridgehead atoms. The lowest BCUT2D eigenvalue weighted by Crippen LogP contribution is -2.18. The molecule has 0 saturated heterocycles. The van der Waals surface area contributed by atoms with Gasteiger partial charge in [0.1, 0.15) is 17.4 Å². The number of nitrogens with zero attached hydrogens (tertiary/aromatic N) is 7. The molecule has 0 aliphatic carbocycles. The number of pyridine rings is 2. The van der Waals surface area contributed by atoms with E-state index < -0.39 is 27.5 Å². The van der Waals surface area contributed by atoms with Gasteiger partial charge in [-0.05, 0) is 55.3 Å². The van der Waals surface area contributed by atoms with Gasteiger partial charge >= 0.3 is 6.18 Å². The van der Waals surface area contributed by atoms with Crippen LogP contribution in [0, 0.1) is 13.8 Å². The first-order chi connectivity index (χ1) is 20.4. The summed E-state index contributed by atoms with van der Waals surface area (Å²) in [5.74, 6) is 1.42. The summed E-state index contributed by atoms with van der Waals surface area (Å²) >= 11 is 0. The lowest BCUT2D eigenvalue weighted by atomic mass is 9.98. The molecular weight excluding hydrogens is 619 g/mol. The van der Waals surface area contributed by atoms with Crippen LogP contribution in [-0.2, 0) is 35.5 Å². The number of anilines is 2. The summed E-state index contributed by atoms with van der Waals surface area (Å²) in [6.45, 7) is 5.10. The zero-order chi connectivity index (χ0) is 30.5. The Hall–Kier alpha value is -4.50. The molecule has 3 aliphatic heterocycles. The smallest absolute Gasteiger partial charge is 0.369 e. The molecule has 3 aliphatic rings. The Morgan fingerprint density at radius 2 is 1.86 bits per heavy atom. The van der Waals surface area contributed by atoms with Crippen molar-refractivity contribution in [3.63, 3.8) is 0 Å². The Morgan fingerprint density at radius 1 is 1.07 bits per heavy atom. The second-order valence-corrected chi connectivity index (χ2v) is 12.0. The Balaban J connectivity index is 0.00000384. The molecule has 5 heterocycles. The highest BCUT2D eigenvalue weighted by Gasteiger charge is 2.31. The summed E-state index contributed by atoms with van der Waals surface area (Å²) in [4.78, 5) is 17.5. The second kappa shape index (κ2) is 11.5. The maximum Gasteiger partial charge on any atom is 0.416 e. The summed E-state index contributed by atoms with van der Waals surface area (Å²) in [5.41, 5.74) is 3.45. The van der Waals surface area contributed by atoms with E-state index in [2.05, 4.69) is 30.1 Å². The topological polar surface area (TPSA) is 132 Å². The molecule has 0 atom stereocenters. The van der Waals surface area contributed by atoms with Crippen molar-refractivity contribution in [3.05, 3.63) is 83.0 Å². The summed E-state index contributed by atoms with van der Waals surface area (Å²) in [5, 5.41) is 7.71. The maximum absolute atomic E-state index is 13.1. The van der Waals surface area contributed by atoms with E-state index in [1.807, 2.05) is 30.5 Å². The molecule has 0 amide bonds. The molecule has 44 heavy (non-hydrogen) atoms. The molecule has 230 valence electrons. The zero-order valence-corrected chi connectivity index (χ0v) is 25.3. The summed E-state index contributed by atoms with van der Waals surface area (Å²) in [6, 6.07) is 10.4. The monoisotopic (exact) mass is 645 g/mol. The maximum atomic E-state index is 13.1. The number of hydrogen-bond acceptors (Lipinski definition) is 8. The highest BCUT2D eigenvalue weighted by molar-refractivity contribution is 7.91. The van der Waals surface area contributed by atoms with Gasteiger partial charge in [0, 0.05) is 55.4 Å². The highest BCUT2D eigenvalue weighted by Crippen LogP contribution is 2.39. The van der Waals surface area contributed by atoms with Crippen LogP contribution in [0.4, 0.5) is 30.5 Å². The number of aryl methyl sites for hydroxylation is 3. The van der Waals surface area contributed by atoms with Crippen LogP contribution in [-0.4, -0.2) is 44.3 Å². The fourth-order valence-corrected chi connectivity index (χ4v) is 6.15. The predicted molar refractivity (Wildman–Crippen MR) is 161 cm³/mol. The van der Waals surface area contributed by atoms with E-state index in [0.29, 0.717) is 30.3 Å². The van der Waals surface area contributed by atoms with E-state index in [9.17, 15) is 21.6 Å². The lowest BCUT2D eigenvalue weighted by molar-refractivity contribution is -0.137. The second-order valence-electron chi connectivity index (χ2n) is 10.2. The molecule has 11 nitrogen and oxygen atoms in total. The van der Waals surface area contributed by atoms with Crippen molar-refractivity contribution in [1.82, 2.24) is 29.3 Å². The molecule has 0 spiro atoms. The Bertz CT molecular complexity index is 2020. The van der Waals surface area contributed by atoms with E-state index in [4.69, 9.17) is 4.98 Å². The molecule has 0 radical (unpaired) electrons. The van der Waals surface area contributed by atoms with Gasteiger partial charge in [-0.15, -0.1) is 12.4 Å². The van der Waals surface area contributed by atoms with Crippen LogP contribution < -0.4 is 15.7 Å². The lowest BCUT2D eigenvalue weighted by Gasteiger charge is -2.19. The van der Waals surface area contributed by atoms with E-state index in [1.54, 1.807) is 36.1 Å². The van der Waals surface area contributed by atoms with E-state index in [0.717, 1.165) is 52.1 Å². The largest absolute Gasteiger partial charge is 0.416 e. The molecular formula is C28H27ClF3N9O2S. The number of rotatable bonds is 6. The van der Waals surface area contributed by atoms with Crippen molar-refractivity contribution in [2.24, 2.45) is 12.0 Å². The first kappa shape index (κ1) is 30.9. The van der Waals surface area contributed by atoms with Crippen LogP contribution in [0.25, 0.3) is 22.5 Å². The van der Waals surface area contributed by atoms with Crippen molar-refractivity contribution >= 4 is 39.8 Å². The van der Waals surface area contributed by atoms with Gasteiger partial charge in [-0.1, -0.05) is 6.07 Å². The van der Waals surface area contributed by atoms with Crippen molar-refractivity contribution < 1.29 is 21.6 Å². The summed E-state index contributed by atoms with van der Waals surface area (Å²) < 4.78 is 71.3. The number of halogens is 4. The third-order valence-corrected chi connectivity index (χ3v) is 8.19. The van der Waals surface area contributed by atoms with Gasteiger partial charge < -0.3 is 9.88 Å². The Labute approximate surface area is 256 Å². The molecule has 2 N–H and O–H groups in total. The van der Waals surface area contributed by atoms with Gasteiger partial charge in [0.15, 0.2) is 5.82 Å². The molecule has 1 aromatic carbocycles. The molecule has 0 saturated carbocycles. The quantitative estimate of drug-likeness (QED) is 0.270. The number of alkyl halides is 3. The van der Waals surface area contributed by atoms with Gasteiger partial charge in [0.05, 0.1) is 17.0 Å². The standard InChI is InChI=1S/C28H26F3N9O2S.ClH/c1-16-4-5-20(38-43(41,42)15-21-12-19(6-7-32-21)28(29,30)31)13-22(16)23-11-18-14-34-27(35-24-10-17(2)37-39(24)3)36-25(18)40-9-8-33-26(23)40;/h4-7,10-14,33,38H,8-9,15H2,1-3H3;1H/b35-27+;. The zero-order valence-electron chi connectivity index (χ0n) is 23.7. The van der Waals surface area contributed by atoms with Crippen molar-refractivity contribution in [3.8, 4) is 22.5 Å². The van der Waals surface area contributed by atoms with Crippen LogP contribution >= 0.6 is 12.4 Å². The minimum atomic E-state index is -4.60. The normalized spacial score (nSPS) is 13.5. The third-order valence-electron chi connectivity index (χ3n) is 6.97. The Kier molecular flexibility index (Phi) is 8.11. The van der Waals surface area contributed by atoms with Gasteiger partial charge in [0.2, 0.25) is 10.0 Å². The van der Waals surface area contributed by atoms with Crippen LogP contribution in [0.15, 0.2) is 59.9 Å². The SMILES string of the molecule is Cc1cc(/N=c2\ncc3cc(-c4cc(NS(=O)(=O)Cc5cc(C(F)(F)F)ccn5)ccc4C)c4n(c-3n2)CCN4)n(C)n1.Cl. The number of aromatic nitrogens is 6. The average Bonchev–Trinajstić information content (AvgIpc) is 3.55. The van der Waals surface area contributed by atoms with Crippen molar-refractivity contribution in [1.29, 1.82) is 0 Å². The van der Waals surface area contributed by atoms with Gasteiger partial charge in [-0.3, -0.25) is 14.4 Å². The third kappa shape index (κ3) is 6.24. The minimum Gasteiger partial charge on any atom is -0.369 e. The molecule has 6 rings (SSSR count). The van der Waals surface area contributed by atoms with E-state index in [-0.39, 0.29) is 23.8 Å². The first-order valence-corrected chi connectivity index (χ1v) is 14.8. The summed E-state index contributed by atoms with van der Waals surface area (Å²) in [7, 11) is -2.28. The molecule has 0 unspecified atom stereocenters. The van der Waals surface area contributed by atoms with Crippen molar-refractivity contribution in [2.45, 2.75) is 32.3 Å².